The van der Waals surface area contributed by atoms with Crippen LogP contribution in [-0.4, -0.2) is 36.1 Å². The second-order valence-corrected chi connectivity index (χ2v) is 3.97. The maximum atomic E-state index is 11.6. The molecule has 7 heteroatoms. The summed E-state index contributed by atoms with van der Waals surface area (Å²) in [6.07, 6.45) is 0. The Kier molecular flexibility index (Phi) is 3.62. The molecule has 0 aliphatic carbocycles. The predicted molar refractivity (Wildman–Crippen MR) is 67.2 cm³/mol. The molecule has 98 valence electrons. The van der Waals surface area contributed by atoms with Crippen LogP contribution in [0.4, 0.5) is 0 Å². The van der Waals surface area contributed by atoms with E-state index in [-0.39, 0.29) is 11.4 Å². The number of carbonyl (C=O) groups excluding carboxylic acids is 2. The van der Waals surface area contributed by atoms with Gasteiger partial charge in [0.15, 0.2) is 11.4 Å². The lowest BCUT2D eigenvalue weighted by Crippen LogP contribution is -2.16. The van der Waals surface area contributed by atoms with Gasteiger partial charge in [-0.05, 0) is 18.2 Å². The first-order chi connectivity index (χ1) is 9.06. The number of hydrogen-bond acceptors (Lipinski definition) is 6. The topological polar surface area (TPSA) is 78.4 Å². The molecule has 1 aromatic carbocycles. The largest absolute Gasteiger partial charge is 0.464 e. The van der Waals surface area contributed by atoms with Crippen LogP contribution >= 0.6 is 11.6 Å². The number of methoxy groups -OCH3 is 2. The number of hydrogen-bond donors (Lipinski definition) is 0. The molecule has 0 spiro atoms. The van der Waals surface area contributed by atoms with Gasteiger partial charge in [0.05, 0.1) is 25.3 Å². The number of aromatic nitrogens is 2. The zero-order chi connectivity index (χ0) is 14.0. The minimum absolute atomic E-state index is 0.191. The molecule has 6 nitrogen and oxygen atoms in total. The maximum absolute atomic E-state index is 11.6. The lowest BCUT2D eigenvalue weighted by molar-refractivity contribution is 0.0545. The van der Waals surface area contributed by atoms with Crippen LogP contribution in [0.3, 0.4) is 0 Å². The van der Waals surface area contributed by atoms with Gasteiger partial charge < -0.3 is 9.47 Å². The number of rotatable bonds is 2. The van der Waals surface area contributed by atoms with Gasteiger partial charge >= 0.3 is 11.9 Å². The fourth-order valence-electron chi connectivity index (χ4n) is 1.51. The number of esters is 2. The number of nitrogens with zero attached hydrogens (tertiary/aromatic N) is 2. The zero-order valence-electron chi connectivity index (χ0n) is 10.1. The van der Waals surface area contributed by atoms with Crippen LogP contribution in [0, 0.1) is 0 Å². The van der Waals surface area contributed by atoms with Gasteiger partial charge in [0.25, 0.3) is 0 Å². The number of ether oxygens (including phenoxy) is 2. The summed E-state index contributed by atoms with van der Waals surface area (Å²) in [5.74, 6) is -1.53. The van der Waals surface area contributed by atoms with E-state index in [1.54, 1.807) is 12.1 Å². The van der Waals surface area contributed by atoms with E-state index < -0.39 is 11.9 Å². The highest BCUT2D eigenvalue weighted by molar-refractivity contribution is 6.31. The van der Waals surface area contributed by atoms with Crippen molar-refractivity contribution in [3.8, 4) is 0 Å². The Morgan fingerprint density at radius 3 is 2.05 bits per heavy atom. The van der Waals surface area contributed by atoms with Crippen LogP contribution in [-0.2, 0) is 9.47 Å². The summed E-state index contributed by atoms with van der Waals surface area (Å²) in [5.41, 5.74) is 0.422. The molecular weight excluding hydrogens is 272 g/mol. The van der Waals surface area contributed by atoms with Gasteiger partial charge in [0, 0.05) is 5.02 Å². The molecule has 0 atom stereocenters. The van der Waals surface area contributed by atoms with Crippen molar-refractivity contribution >= 4 is 34.6 Å². The van der Waals surface area contributed by atoms with Crippen LogP contribution in [0.25, 0.3) is 11.0 Å². The maximum Gasteiger partial charge on any atom is 0.359 e. The Balaban J connectivity index is 2.73. The van der Waals surface area contributed by atoms with E-state index >= 15 is 0 Å². The van der Waals surface area contributed by atoms with E-state index in [1.165, 1.54) is 20.3 Å². The van der Waals surface area contributed by atoms with E-state index in [0.717, 1.165) is 0 Å². The zero-order valence-corrected chi connectivity index (χ0v) is 10.9. The van der Waals surface area contributed by atoms with Gasteiger partial charge in [0.2, 0.25) is 0 Å². The summed E-state index contributed by atoms with van der Waals surface area (Å²) in [6, 6.07) is 4.74. The lowest BCUT2D eigenvalue weighted by atomic mass is 10.2. The second-order valence-electron chi connectivity index (χ2n) is 3.54. The van der Waals surface area contributed by atoms with Crippen LogP contribution in [0.1, 0.15) is 21.0 Å². The third-order valence-electron chi connectivity index (χ3n) is 2.38. The molecule has 0 aliphatic heterocycles. The Bertz CT molecular complexity index is 672. The molecule has 1 heterocycles. The van der Waals surface area contributed by atoms with Crippen molar-refractivity contribution in [2.24, 2.45) is 0 Å². The Labute approximate surface area is 113 Å². The molecule has 2 aromatic rings. The summed E-state index contributed by atoms with van der Waals surface area (Å²) in [4.78, 5) is 31.3. The smallest absolute Gasteiger partial charge is 0.359 e. The molecule has 0 aliphatic rings. The average Bonchev–Trinajstić information content (AvgIpc) is 2.44. The van der Waals surface area contributed by atoms with Crippen molar-refractivity contribution in [1.29, 1.82) is 0 Å². The molecule has 0 bridgehead atoms. The van der Waals surface area contributed by atoms with Crippen LogP contribution in [0.2, 0.25) is 5.02 Å². The fourth-order valence-corrected chi connectivity index (χ4v) is 1.67. The predicted octanol–water partition coefficient (Wildman–Crippen LogP) is 1.86. The van der Waals surface area contributed by atoms with Crippen molar-refractivity contribution < 1.29 is 19.1 Å². The second kappa shape index (κ2) is 5.19. The molecule has 0 saturated carbocycles. The van der Waals surface area contributed by atoms with Crippen LogP contribution in [0.5, 0.6) is 0 Å². The van der Waals surface area contributed by atoms with Crippen molar-refractivity contribution in [3.63, 3.8) is 0 Å². The minimum atomic E-state index is -0.769. The van der Waals surface area contributed by atoms with Crippen LogP contribution in [0.15, 0.2) is 18.2 Å². The van der Waals surface area contributed by atoms with E-state index in [1.807, 2.05) is 0 Å². The molecule has 0 unspecified atom stereocenters. The van der Waals surface area contributed by atoms with E-state index in [2.05, 4.69) is 19.4 Å². The SMILES string of the molecule is COC(=O)c1nc2ccc(Cl)cc2nc1C(=O)OC. The standard InChI is InChI=1S/C12H9ClN2O4/c1-18-11(16)9-10(12(17)19-2)15-8-5-6(13)3-4-7(8)14-9/h3-5H,1-2H3. The van der Waals surface area contributed by atoms with Gasteiger partial charge in [-0.3, -0.25) is 0 Å². The Morgan fingerprint density at radius 1 is 1.00 bits per heavy atom. The molecule has 2 rings (SSSR count). The third kappa shape index (κ3) is 2.48. The summed E-state index contributed by atoms with van der Waals surface area (Å²) < 4.78 is 9.14. The highest BCUT2D eigenvalue weighted by Gasteiger charge is 2.23. The first-order valence-corrected chi connectivity index (χ1v) is 5.58. The van der Waals surface area contributed by atoms with Crippen molar-refractivity contribution in [3.05, 3.63) is 34.6 Å². The van der Waals surface area contributed by atoms with Gasteiger partial charge in [-0.25, -0.2) is 19.6 Å². The van der Waals surface area contributed by atoms with Crippen molar-refractivity contribution in [2.75, 3.05) is 14.2 Å². The molecule has 0 radical (unpaired) electrons. The third-order valence-corrected chi connectivity index (χ3v) is 2.62. The highest BCUT2D eigenvalue weighted by Crippen LogP contribution is 2.19. The van der Waals surface area contributed by atoms with Gasteiger partial charge in [-0.1, -0.05) is 11.6 Å². The van der Waals surface area contributed by atoms with Crippen molar-refractivity contribution in [1.82, 2.24) is 9.97 Å². The monoisotopic (exact) mass is 280 g/mol. The van der Waals surface area contributed by atoms with Gasteiger partial charge in [0.1, 0.15) is 0 Å². The van der Waals surface area contributed by atoms with E-state index in [0.29, 0.717) is 16.1 Å². The van der Waals surface area contributed by atoms with Crippen LogP contribution < -0.4 is 0 Å². The quantitative estimate of drug-likeness (QED) is 0.781. The number of fused-ring (bicyclic) bond motifs is 1. The summed E-state index contributed by atoms with van der Waals surface area (Å²) in [6.45, 7) is 0. The lowest BCUT2D eigenvalue weighted by Gasteiger charge is -2.06. The molecule has 0 saturated heterocycles. The first kappa shape index (κ1) is 13.2. The Morgan fingerprint density at radius 2 is 1.53 bits per heavy atom. The molecule has 1 aromatic heterocycles. The highest BCUT2D eigenvalue weighted by atomic mass is 35.5. The van der Waals surface area contributed by atoms with Gasteiger partial charge in [-0.2, -0.15) is 0 Å². The van der Waals surface area contributed by atoms with Crippen molar-refractivity contribution in [2.45, 2.75) is 0 Å². The summed E-state index contributed by atoms with van der Waals surface area (Å²) in [5, 5.41) is 0.448. The summed E-state index contributed by atoms with van der Waals surface area (Å²) in [7, 11) is 2.38. The fraction of sp³-hybridized carbons (Fsp3) is 0.167. The van der Waals surface area contributed by atoms with E-state index in [4.69, 9.17) is 11.6 Å². The minimum Gasteiger partial charge on any atom is -0.464 e. The van der Waals surface area contributed by atoms with Gasteiger partial charge in [-0.15, -0.1) is 0 Å². The molecule has 0 fully saturated rings. The molecule has 0 N–H and O–H groups in total. The number of benzene rings is 1. The first-order valence-electron chi connectivity index (χ1n) is 5.20. The average molecular weight is 281 g/mol. The van der Waals surface area contributed by atoms with E-state index in [9.17, 15) is 9.59 Å². The Hall–Kier alpha value is -2.21. The molecule has 19 heavy (non-hydrogen) atoms. The molecule has 0 amide bonds. The summed E-state index contributed by atoms with van der Waals surface area (Å²) >= 11 is 5.84. The number of halogens is 1. The normalized spacial score (nSPS) is 10.3. The molecular formula is C12H9ClN2O4. The number of carbonyl (C=O) groups is 2.